The molecule has 0 unspecified atom stereocenters. The molecule has 0 radical (unpaired) electrons. The highest BCUT2D eigenvalue weighted by Crippen LogP contribution is 2.32. The Morgan fingerprint density at radius 3 is 3.05 bits per heavy atom. The first-order valence-electron chi connectivity index (χ1n) is 7.71. The predicted octanol–water partition coefficient (Wildman–Crippen LogP) is 3.05. The van der Waals surface area contributed by atoms with Gasteiger partial charge in [-0.2, -0.15) is 0 Å². The number of hydrogen-bond donors (Lipinski definition) is 1. The normalized spacial score (nSPS) is 20.4. The average molecular weight is 306 g/mol. The summed E-state index contributed by atoms with van der Waals surface area (Å²) in [6.45, 7) is 4.36. The van der Waals surface area contributed by atoms with Gasteiger partial charge in [-0.25, -0.2) is 0 Å². The van der Waals surface area contributed by atoms with Crippen LogP contribution in [0.2, 0.25) is 0 Å². The largest absolute Gasteiger partial charge is 0.454 e. The van der Waals surface area contributed by atoms with Crippen molar-refractivity contribution in [3.63, 3.8) is 0 Å². The smallest absolute Gasteiger partial charge is 0.231 e. The zero-order chi connectivity index (χ0) is 14.7. The first-order chi connectivity index (χ1) is 10.3. The van der Waals surface area contributed by atoms with Crippen molar-refractivity contribution in [3.05, 3.63) is 23.8 Å². The Balaban J connectivity index is 1.58. The number of nitrogens with one attached hydrogen (secondary N) is 1. The number of nitrogens with zero attached hydrogens (tertiary/aromatic N) is 1. The van der Waals surface area contributed by atoms with E-state index in [1.54, 1.807) is 0 Å². The number of benzene rings is 1. The second kappa shape index (κ2) is 6.52. The molecule has 0 saturated carbocycles. The van der Waals surface area contributed by atoms with E-state index in [1.165, 1.54) is 19.3 Å². The SMILES string of the molecule is CC[C@@H]1CCCCN1C(=S)NCc1ccc2c(c1)OCO2. The Labute approximate surface area is 131 Å². The maximum atomic E-state index is 5.57. The number of thiocarbonyl (C=S) groups is 1. The number of likely N-dealkylation sites (tertiary alicyclic amines) is 1. The molecular weight excluding hydrogens is 284 g/mol. The molecule has 114 valence electrons. The van der Waals surface area contributed by atoms with E-state index in [-0.39, 0.29) is 0 Å². The van der Waals surface area contributed by atoms with E-state index in [1.807, 2.05) is 12.1 Å². The van der Waals surface area contributed by atoms with Crippen molar-refractivity contribution in [2.75, 3.05) is 13.3 Å². The van der Waals surface area contributed by atoms with Crippen LogP contribution in [-0.2, 0) is 6.54 Å². The van der Waals surface area contributed by atoms with Crippen molar-refractivity contribution >= 4 is 17.3 Å². The molecule has 1 aromatic rings. The van der Waals surface area contributed by atoms with E-state index in [0.29, 0.717) is 12.8 Å². The van der Waals surface area contributed by atoms with Gasteiger partial charge in [0.2, 0.25) is 6.79 Å². The molecule has 1 aromatic carbocycles. The van der Waals surface area contributed by atoms with Gasteiger partial charge in [0.1, 0.15) is 0 Å². The molecule has 2 heterocycles. The van der Waals surface area contributed by atoms with Crippen LogP contribution >= 0.6 is 12.2 Å². The lowest BCUT2D eigenvalue weighted by Gasteiger charge is -2.37. The Kier molecular flexibility index (Phi) is 4.48. The molecule has 2 aliphatic rings. The third kappa shape index (κ3) is 3.23. The number of hydrogen-bond acceptors (Lipinski definition) is 3. The van der Waals surface area contributed by atoms with Crippen LogP contribution in [0.25, 0.3) is 0 Å². The molecule has 1 N–H and O–H groups in total. The Hall–Kier alpha value is -1.49. The van der Waals surface area contributed by atoms with Gasteiger partial charge in [0, 0.05) is 19.1 Å². The third-order valence-electron chi connectivity index (χ3n) is 4.24. The predicted molar refractivity (Wildman–Crippen MR) is 86.6 cm³/mol. The van der Waals surface area contributed by atoms with Crippen LogP contribution < -0.4 is 14.8 Å². The van der Waals surface area contributed by atoms with Crippen LogP contribution in [0.3, 0.4) is 0 Å². The van der Waals surface area contributed by atoms with Crippen molar-refractivity contribution in [2.45, 2.75) is 45.2 Å². The summed E-state index contributed by atoms with van der Waals surface area (Å²) in [5.74, 6) is 1.65. The first-order valence-corrected chi connectivity index (χ1v) is 8.11. The van der Waals surface area contributed by atoms with Crippen LogP contribution in [0.15, 0.2) is 18.2 Å². The number of ether oxygens (including phenoxy) is 2. The van der Waals surface area contributed by atoms with E-state index in [9.17, 15) is 0 Å². The van der Waals surface area contributed by atoms with Gasteiger partial charge in [-0.15, -0.1) is 0 Å². The molecule has 0 aliphatic carbocycles. The van der Waals surface area contributed by atoms with Gasteiger partial charge >= 0.3 is 0 Å². The van der Waals surface area contributed by atoms with Gasteiger partial charge in [0.25, 0.3) is 0 Å². The molecule has 2 aliphatic heterocycles. The van der Waals surface area contributed by atoms with E-state index >= 15 is 0 Å². The minimum Gasteiger partial charge on any atom is -0.454 e. The maximum absolute atomic E-state index is 5.57. The molecule has 3 rings (SSSR count). The molecular formula is C16H22N2O2S. The first kappa shape index (κ1) is 14.4. The van der Waals surface area contributed by atoms with Crippen molar-refractivity contribution in [2.24, 2.45) is 0 Å². The second-order valence-corrected chi connectivity index (χ2v) is 5.98. The monoisotopic (exact) mass is 306 g/mol. The lowest BCUT2D eigenvalue weighted by molar-refractivity contribution is 0.174. The van der Waals surface area contributed by atoms with Gasteiger partial charge < -0.3 is 19.7 Å². The summed E-state index contributed by atoms with van der Waals surface area (Å²) >= 11 is 5.57. The Bertz CT molecular complexity index is 521. The molecule has 0 amide bonds. The second-order valence-electron chi connectivity index (χ2n) is 5.60. The van der Waals surface area contributed by atoms with Crippen molar-refractivity contribution in [1.29, 1.82) is 0 Å². The topological polar surface area (TPSA) is 33.7 Å². The van der Waals surface area contributed by atoms with Gasteiger partial charge in [-0.3, -0.25) is 0 Å². The maximum Gasteiger partial charge on any atom is 0.231 e. The minimum atomic E-state index is 0.316. The van der Waals surface area contributed by atoms with Gasteiger partial charge in [-0.1, -0.05) is 13.0 Å². The van der Waals surface area contributed by atoms with E-state index in [0.717, 1.165) is 41.7 Å². The van der Waals surface area contributed by atoms with Gasteiger partial charge in [0.15, 0.2) is 16.6 Å². The van der Waals surface area contributed by atoms with Crippen molar-refractivity contribution in [3.8, 4) is 11.5 Å². The standard InChI is InChI=1S/C16H22N2O2S/c1-2-13-5-3-4-8-18(13)16(21)17-10-12-6-7-14-15(9-12)20-11-19-14/h6-7,9,13H,2-5,8,10-11H2,1H3,(H,17,21)/t13-/m1/s1. The van der Waals surface area contributed by atoms with E-state index in [2.05, 4.69) is 23.2 Å². The van der Waals surface area contributed by atoms with Crippen LogP contribution in [0.1, 0.15) is 38.2 Å². The zero-order valence-corrected chi connectivity index (χ0v) is 13.2. The molecule has 1 saturated heterocycles. The molecule has 4 nitrogen and oxygen atoms in total. The lowest BCUT2D eigenvalue weighted by Crippen LogP contribution is -2.48. The van der Waals surface area contributed by atoms with Gasteiger partial charge in [0.05, 0.1) is 0 Å². The highest BCUT2D eigenvalue weighted by Gasteiger charge is 2.22. The summed E-state index contributed by atoms with van der Waals surface area (Å²) in [5.41, 5.74) is 1.16. The van der Waals surface area contributed by atoms with E-state index in [4.69, 9.17) is 21.7 Å². The molecule has 21 heavy (non-hydrogen) atoms. The fourth-order valence-electron chi connectivity index (χ4n) is 3.02. The molecule has 1 atom stereocenters. The Morgan fingerprint density at radius 1 is 1.33 bits per heavy atom. The van der Waals surface area contributed by atoms with Crippen LogP contribution in [0, 0.1) is 0 Å². The quantitative estimate of drug-likeness (QED) is 0.868. The number of fused-ring (bicyclic) bond motifs is 1. The number of rotatable bonds is 3. The average Bonchev–Trinajstić information content (AvgIpc) is 3.00. The molecule has 0 bridgehead atoms. The fraction of sp³-hybridized carbons (Fsp3) is 0.562. The number of piperidine rings is 1. The minimum absolute atomic E-state index is 0.316. The van der Waals surface area contributed by atoms with Crippen molar-refractivity contribution < 1.29 is 9.47 Å². The molecule has 0 spiro atoms. The highest BCUT2D eigenvalue weighted by atomic mass is 32.1. The lowest BCUT2D eigenvalue weighted by atomic mass is 10.0. The molecule has 0 aromatic heterocycles. The summed E-state index contributed by atoms with van der Waals surface area (Å²) in [4.78, 5) is 2.35. The summed E-state index contributed by atoms with van der Waals surface area (Å²) in [5, 5.41) is 4.26. The Morgan fingerprint density at radius 2 is 2.19 bits per heavy atom. The fourth-order valence-corrected chi connectivity index (χ4v) is 3.34. The van der Waals surface area contributed by atoms with Crippen LogP contribution in [-0.4, -0.2) is 29.4 Å². The third-order valence-corrected chi connectivity index (χ3v) is 4.62. The van der Waals surface area contributed by atoms with Crippen molar-refractivity contribution in [1.82, 2.24) is 10.2 Å². The van der Waals surface area contributed by atoms with Crippen LogP contribution in [0.4, 0.5) is 0 Å². The van der Waals surface area contributed by atoms with Gasteiger partial charge in [-0.05, 0) is 55.6 Å². The highest BCUT2D eigenvalue weighted by molar-refractivity contribution is 7.80. The molecule has 1 fully saturated rings. The van der Waals surface area contributed by atoms with Crippen LogP contribution in [0.5, 0.6) is 11.5 Å². The summed E-state index contributed by atoms with van der Waals surface area (Å²) in [6.07, 6.45) is 4.97. The summed E-state index contributed by atoms with van der Waals surface area (Å²) in [6, 6.07) is 6.62. The van der Waals surface area contributed by atoms with E-state index < -0.39 is 0 Å². The summed E-state index contributed by atoms with van der Waals surface area (Å²) < 4.78 is 10.7. The molecule has 5 heteroatoms. The zero-order valence-electron chi connectivity index (χ0n) is 12.4. The summed E-state index contributed by atoms with van der Waals surface area (Å²) in [7, 11) is 0.